The van der Waals surface area contributed by atoms with E-state index in [-0.39, 0.29) is 11.6 Å². The monoisotopic (exact) mass is 349 g/mol. The topological polar surface area (TPSA) is 46.9 Å². The zero-order valence-corrected chi connectivity index (χ0v) is 13.6. The second-order valence-electron chi connectivity index (χ2n) is 4.81. The number of para-hydroxylation sites is 1. The lowest BCUT2D eigenvalue weighted by atomic mass is 10.3. The van der Waals surface area contributed by atoms with Gasteiger partial charge in [-0.2, -0.15) is 5.10 Å². The third kappa shape index (κ3) is 3.78. The normalized spacial score (nSPS) is 10.7. The first kappa shape index (κ1) is 15.7. The predicted molar refractivity (Wildman–Crippen MR) is 88.9 cm³/mol. The minimum Gasteiger partial charge on any atom is -0.350 e. The molecule has 7 heteroatoms. The van der Waals surface area contributed by atoms with Gasteiger partial charge in [0, 0.05) is 17.6 Å². The van der Waals surface area contributed by atoms with Gasteiger partial charge in [-0.3, -0.25) is 4.79 Å². The van der Waals surface area contributed by atoms with E-state index in [4.69, 9.17) is 11.6 Å². The van der Waals surface area contributed by atoms with Gasteiger partial charge < -0.3 is 5.32 Å². The first-order valence-corrected chi connectivity index (χ1v) is 8.16. The van der Waals surface area contributed by atoms with E-state index in [1.165, 1.54) is 22.1 Å². The Hall–Kier alpha value is -2.18. The van der Waals surface area contributed by atoms with Gasteiger partial charge in [0.15, 0.2) is 5.69 Å². The summed E-state index contributed by atoms with van der Waals surface area (Å²) in [6.07, 6.45) is 2.27. The third-order valence-corrected chi connectivity index (χ3v) is 4.50. The summed E-state index contributed by atoms with van der Waals surface area (Å²) in [5, 5.41) is 6.91. The molecule has 23 heavy (non-hydrogen) atoms. The molecule has 0 aliphatic heterocycles. The summed E-state index contributed by atoms with van der Waals surface area (Å²) in [4.78, 5) is 13.2. The average molecular weight is 350 g/mol. The molecule has 0 atom stereocenters. The molecule has 1 amide bonds. The second-order valence-corrected chi connectivity index (χ2v) is 6.61. The molecular weight excluding hydrogens is 337 g/mol. The van der Waals surface area contributed by atoms with Crippen LogP contribution in [0.1, 0.15) is 15.4 Å². The van der Waals surface area contributed by atoms with E-state index in [2.05, 4.69) is 10.4 Å². The lowest BCUT2D eigenvalue weighted by molar-refractivity contribution is 0.0949. The minimum atomic E-state index is -0.392. The van der Waals surface area contributed by atoms with E-state index in [0.717, 1.165) is 9.21 Å². The quantitative estimate of drug-likeness (QED) is 0.763. The first-order chi connectivity index (χ1) is 11.1. The number of carbonyl (C=O) groups excluding carboxylic acids is 1. The molecule has 2 heterocycles. The van der Waals surface area contributed by atoms with Crippen molar-refractivity contribution in [2.45, 2.75) is 6.42 Å². The van der Waals surface area contributed by atoms with Crippen LogP contribution in [0, 0.1) is 5.82 Å². The fourth-order valence-corrected chi connectivity index (χ4v) is 3.18. The fraction of sp³-hybridized carbons (Fsp3) is 0.125. The Morgan fingerprint density at radius 3 is 2.83 bits per heavy atom. The SMILES string of the molecule is O=C(NCCc1ccc(Cl)s1)c1ccn(-c2ccccc2F)n1. The van der Waals surface area contributed by atoms with Crippen molar-refractivity contribution in [2.24, 2.45) is 0 Å². The number of thiophene rings is 1. The molecule has 2 aromatic heterocycles. The van der Waals surface area contributed by atoms with E-state index >= 15 is 0 Å². The molecular formula is C16H13ClFN3OS. The summed E-state index contributed by atoms with van der Waals surface area (Å²) in [5.41, 5.74) is 0.553. The van der Waals surface area contributed by atoms with Crippen molar-refractivity contribution in [3.05, 3.63) is 69.4 Å². The van der Waals surface area contributed by atoms with Crippen molar-refractivity contribution in [1.82, 2.24) is 15.1 Å². The number of nitrogens with one attached hydrogen (secondary N) is 1. The minimum absolute atomic E-state index is 0.248. The summed E-state index contributed by atoms with van der Waals surface area (Å²) in [5.74, 6) is -0.681. The Bertz CT molecular complexity index is 830. The Morgan fingerprint density at radius 1 is 1.26 bits per heavy atom. The van der Waals surface area contributed by atoms with Crippen molar-refractivity contribution >= 4 is 28.8 Å². The highest BCUT2D eigenvalue weighted by Crippen LogP contribution is 2.21. The van der Waals surface area contributed by atoms with Crippen molar-refractivity contribution < 1.29 is 9.18 Å². The van der Waals surface area contributed by atoms with Crippen LogP contribution < -0.4 is 5.32 Å². The van der Waals surface area contributed by atoms with Crippen LogP contribution in [0.2, 0.25) is 4.34 Å². The Balaban J connectivity index is 1.61. The van der Waals surface area contributed by atoms with Gasteiger partial charge in [0.1, 0.15) is 11.5 Å². The van der Waals surface area contributed by atoms with Crippen LogP contribution >= 0.6 is 22.9 Å². The third-order valence-electron chi connectivity index (χ3n) is 3.21. The maximum Gasteiger partial charge on any atom is 0.271 e. The Labute approximate surface area is 141 Å². The zero-order chi connectivity index (χ0) is 16.2. The second kappa shape index (κ2) is 6.93. The van der Waals surface area contributed by atoms with Crippen molar-refractivity contribution in [2.75, 3.05) is 6.54 Å². The van der Waals surface area contributed by atoms with Gasteiger partial charge in [0.25, 0.3) is 5.91 Å². The number of hydrogen-bond donors (Lipinski definition) is 1. The molecule has 0 fully saturated rings. The van der Waals surface area contributed by atoms with Crippen LogP contribution in [0.3, 0.4) is 0 Å². The summed E-state index contributed by atoms with van der Waals surface area (Å²) in [6, 6.07) is 11.6. The number of halogens is 2. The van der Waals surface area contributed by atoms with E-state index in [0.29, 0.717) is 18.7 Å². The van der Waals surface area contributed by atoms with Gasteiger partial charge in [-0.05, 0) is 36.8 Å². The standard InChI is InChI=1S/C16H13ClFN3OS/c17-15-6-5-11(23-15)7-9-19-16(22)13-8-10-21(20-13)14-4-2-1-3-12(14)18/h1-6,8,10H,7,9H2,(H,19,22). The molecule has 1 N–H and O–H groups in total. The smallest absolute Gasteiger partial charge is 0.271 e. The number of carbonyl (C=O) groups is 1. The van der Waals surface area contributed by atoms with Gasteiger partial charge in [-0.25, -0.2) is 9.07 Å². The number of rotatable bonds is 5. The van der Waals surface area contributed by atoms with Crippen LogP contribution in [0.15, 0.2) is 48.7 Å². The van der Waals surface area contributed by atoms with Gasteiger partial charge >= 0.3 is 0 Å². The molecule has 3 aromatic rings. The maximum atomic E-state index is 13.7. The van der Waals surface area contributed by atoms with Gasteiger partial charge in [0.05, 0.1) is 4.34 Å². The van der Waals surface area contributed by atoms with Crippen LogP contribution in [-0.2, 0) is 6.42 Å². The average Bonchev–Trinajstić information content (AvgIpc) is 3.17. The van der Waals surface area contributed by atoms with Gasteiger partial charge in [0.2, 0.25) is 0 Å². The number of aromatic nitrogens is 2. The molecule has 0 spiro atoms. The van der Waals surface area contributed by atoms with E-state index in [1.807, 2.05) is 12.1 Å². The highest BCUT2D eigenvalue weighted by Gasteiger charge is 2.11. The fourth-order valence-electron chi connectivity index (χ4n) is 2.09. The van der Waals surface area contributed by atoms with Crippen LogP contribution in [0.25, 0.3) is 5.69 Å². The lowest BCUT2D eigenvalue weighted by Crippen LogP contribution is -2.26. The Kier molecular flexibility index (Phi) is 4.73. The van der Waals surface area contributed by atoms with E-state index in [9.17, 15) is 9.18 Å². The number of nitrogens with zero attached hydrogens (tertiary/aromatic N) is 2. The molecule has 0 bridgehead atoms. The molecule has 0 unspecified atom stereocenters. The number of hydrogen-bond acceptors (Lipinski definition) is 3. The summed E-state index contributed by atoms with van der Waals surface area (Å²) in [7, 11) is 0. The molecule has 0 saturated heterocycles. The zero-order valence-electron chi connectivity index (χ0n) is 12.0. The van der Waals surface area contributed by atoms with Crippen molar-refractivity contribution in [3.8, 4) is 5.69 Å². The van der Waals surface area contributed by atoms with E-state index < -0.39 is 5.82 Å². The molecule has 118 valence electrons. The number of amides is 1. The molecule has 0 aliphatic rings. The van der Waals surface area contributed by atoms with E-state index in [1.54, 1.807) is 30.5 Å². The summed E-state index contributed by atoms with van der Waals surface area (Å²) >= 11 is 7.35. The maximum absolute atomic E-state index is 13.7. The molecule has 0 radical (unpaired) electrons. The molecule has 3 rings (SSSR count). The van der Waals surface area contributed by atoms with Crippen molar-refractivity contribution in [3.63, 3.8) is 0 Å². The molecule has 0 aliphatic carbocycles. The largest absolute Gasteiger partial charge is 0.350 e. The van der Waals surface area contributed by atoms with Crippen LogP contribution in [0.5, 0.6) is 0 Å². The van der Waals surface area contributed by atoms with Crippen LogP contribution in [-0.4, -0.2) is 22.2 Å². The van der Waals surface area contributed by atoms with Crippen molar-refractivity contribution in [1.29, 1.82) is 0 Å². The first-order valence-electron chi connectivity index (χ1n) is 6.96. The molecule has 1 aromatic carbocycles. The van der Waals surface area contributed by atoms with Gasteiger partial charge in [-0.15, -0.1) is 11.3 Å². The summed E-state index contributed by atoms with van der Waals surface area (Å²) < 4.78 is 15.8. The lowest BCUT2D eigenvalue weighted by Gasteiger charge is -2.03. The number of benzene rings is 1. The summed E-state index contributed by atoms with van der Waals surface area (Å²) in [6.45, 7) is 0.488. The predicted octanol–water partition coefficient (Wildman–Crippen LogP) is 3.70. The molecule has 4 nitrogen and oxygen atoms in total. The Morgan fingerprint density at radius 2 is 2.09 bits per heavy atom. The molecule has 0 saturated carbocycles. The highest BCUT2D eigenvalue weighted by molar-refractivity contribution is 7.16. The highest BCUT2D eigenvalue weighted by atomic mass is 35.5. The van der Waals surface area contributed by atoms with Gasteiger partial charge in [-0.1, -0.05) is 23.7 Å². The van der Waals surface area contributed by atoms with Crippen LogP contribution in [0.4, 0.5) is 4.39 Å².